The molecule has 80 valence electrons. The fourth-order valence-electron chi connectivity index (χ4n) is 1.16. The average Bonchev–Trinajstić information content (AvgIpc) is 2.21. The molecule has 3 nitrogen and oxygen atoms in total. The van der Waals surface area contributed by atoms with Gasteiger partial charge in [0.2, 0.25) is 0 Å². The highest BCUT2D eigenvalue weighted by Crippen LogP contribution is 2.35. The fraction of sp³-hybridized carbons (Fsp3) is 0.300. The van der Waals surface area contributed by atoms with Crippen molar-refractivity contribution >= 4 is 28.9 Å². The minimum atomic E-state index is 0.252. The van der Waals surface area contributed by atoms with Gasteiger partial charge in [0, 0.05) is 13.1 Å². The van der Waals surface area contributed by atoms with E-state index in [9.17, 15) is 0 Å². The monoisotopic (exact) mass is 244 g/mol. The van der Waals surface area contributed by atoms with Gasteiger partial charge in [0.15, 0.2) is 0 Å². The van der Waals surface area contributed by atoms with Gasteiger partial charge in [-0.05, 0) is 6.07 Å². The molecule has 0 amide bonds. The maximum Gasteiger partial charge on any atom is 0.139 e. The Hall–Kier alpha value is -1.11. The molecule has 1 aromatic carbocycles. The van der Waals surface area contributed by atoms with Crippen molar-refractivity contribution < 1.29 is 4.74 Å². The summed E-state index contributed by atoms with van der Waals surface area (Å²) in [6.45, 7) is 0.252. The van der Waals surface area contributed by atoms with Crippen LogP contribution in [-0.2, 0) is 0 Å². The lowest BCUT2D eigenvalue weighted by Crippen LogP contribution is -2.17. The molecule has 0 spiro atoms. The highest BCUT2D eigenvalue weighted by atomic mass is 35.5. The third-order valence-corrected chi connectivity index (χ3v) is 2.54. The lowest BCUT2D eigenvalue weighted by atomic mass is 10.2. The second-order valence-electron chi connectivity index (χ2n) is 2.95. The van der Waals surface area contributed by atoms with E-state index in [0.717, 1.165) is 0 Å². The van der Waals surface area contributed by atoms with Crippen LogP contribution in [0.4, 0.5) is 5.69 Å². The van der Waals surface area contributed by atoms with Gasteiger partial charge in [-0.25, -0.2) is 0 Å². The SMILES string of the molecule is COc1cc(Cl)c(N(C)CC#N)cc1Cl. The van der Waals surface area contributed by atoms with Crippen LogP contribution in [0.1, 0.15) is 0 Å². The van der Waals surface area contributed by atoms with E-state index in [2.05, 4.69) is 0 Å². The fourth-order valence-corrected chi connectivity index (χ4v) is 1.69. The van der Waals surface area contributed by atoms with Crippen molar-refractivity contribution in [1.29, 1.82) is 5.26 Å². The lowest BCUT2D eigenvalue weighted by molar-refractivity contribution is 0.415. The number of halogens is 2. The minimum Gasteiger partial charge on any atom is -0.495 e. The second kappa shape index (κ2) is 5.11. The summed E-state index contributed by atoms with van der Waals surface area (Å²) in [6.07, 6.45) is 0. The Morgan fingerprint density at radius 3 is 2.60 bits per heavy atom. The number of ether oxygens (including phenoxy) is 1. The molecule has 0 aliphatic heterocycles. The molecule has 0 aromatic heterocycles. The number of methoxy groups -OCH3 is 1. The first-order valence-electron chi connectivity index (χ1n) is 4.21. The first-order valence-corrected chi connectivity index (χ1v) is 4.97. The molecule has 0 atom stereocenters. The number of rotatable bonds is 3. The van der Waals surface area contributed by atoms with Gasteiger partial charge in [0.05, 0.1) is 28.9 Å². The molecule has 0 aliphatic carbocycles. The molecule has 0 heterocycles. The van der Waals surface area contributed by atoms with Crippen LogP contribution in [0.2, 0.25) is 10.0 Å². The van der Waals surface area contributed by atoms with Crippen LogP contribution < -0.4 is 9.64 Å². The van der Waals surface area contributed by atoms with E-state index >= 15 is 0 Å². The van der Waals surface area contributed by atoms with Crippen LogP contribution >= 0.6 is 23.2 Å². The topological polar surface area (TPSA) is 36.3 Å². The van der Waals surface area contributed by atoms with Gasteiger partial charge in [0.25, 0.3) is 0 Å². The Bertz CT molecular complexity index is 401. The number of anilines is 1. The number of benzene rings is 1. The zero-order valence-corrected chi connectivity index (χ0v) is 9.93. The molecule has 0 saturated carbocycles. The van der Waals surface area contributed by atoms with E-state index in [-0.39, 0.29) is 6.54 Å². The molecule has 0 N–H and O–H groups in total. The number of nitrogens with zero attached hydrogens (tertiary/aromatic N) is 2. The summed E-state index contributed by atoms with van der Waals surface area (Å²) in [5.41, 5.74) is 0.712. The summed E-state index contributed by atoms with van der Waals surface area (Å²) >= 11 is 12.0. The summed E-state index contributed by atoms with van der Waals surface area (Å²) in [5, 5.41) is 9.55. The van der Waals surface area contributed by atoms with Crippen molar-refractivity contribution in [3.63, 3.8) is 0 Å². The van der Waals surface area contributed by atoms with Crippen molar-refractivity contribution in [2.45, 2.75) is 0 Å². The van der Waals surface area contributed by atoms with Crippen LogP contribution in [0.25, 0.3) is 0 Å². The minimum absolute atomic E-state index is 0.252. The predicted octanol–water partition coefficient (Wildman–Crippen LogP) is 2.96. The summed E-state index contributed by atoms with van der Waals surface area (Å²) in [7, 11) is 3.30. The summed E-state index contributed by atoms with van der Waals surface area (Å²) in [4.78, 5) is 1.72. The smallest absolute Gasteiger partial charge is 0.139 e. The van der Waals surface area contributed by atoms with Gasteiger partial charge in [-0.2, -0.15) is 5.26 Å². The maximum atomic E-state index is 8.57. The van der Waals surface area contributed by atoms with E-state index in [1.807, 2.05) is 6.07 Å². The molecule has 0 radical (unpaired) electrons. The average molecular weight is 245 g/mol. The lowest BCUT2D eigenvalue weighted by Gasteiger charge is -2.18. The van der Waals surface area contributed by atoms with Gasteiger partial charge in [-0.15, -0.1) is 0 Å². The quantitative estimate of drug-likeness (QED) is 0.768. The third-order valence-electron chi connectivity index (χ3n) is 1.94. The molecule has 0 aliphatic rings. The molecule has 0 unspecified atom stereocenters. The molecular formula is C10H10Cl2N2O. The number of nitriles is 1. The number of hydrogen-bond donors (Lipinski definition) is 0. The van der Waals surface area contributed by atoms with Crippen molar-refractivity contribution in [3.05, 3.63) is 22.2 Å². The van der Waals surface area contributed by atoms with E-state index in [4.69, 9.17) is 33.2 Å². The van der Waals surface area contributed by atoms with Crippen LogP contribution in [0.5, 0.6) is 5.75 Å². The first-order chi connectivity index (χ1) is 7.10. The van der Waals surface area contributed by atoms with E-state index in [1.165, 1.54) is 7.11 Å². The highest BCUT2D eigenvalue weighted by molar-refractivity contribution is 6.36. The Kier molecular flexibility index (Phi) is 4.07. The first kappa shape index (κ1) is 12.0. The summed E-state index contributed by atoms with van der Waals surface area (Å²) in [5.74, 6) is 0.524. The molecule has 0 saturated heterocycles. The van der Waals surface area contributed by atoms with Crippen LogP contribution in [-0.4, -0.2) is 20.7 Å². The Morgan fingerprint density at radius 2 is 2.07 bits per heavy atom. The number of hydrogen-bond acceptors (Lipinski definition) is 3. The molecule has 0 bridgehead atoms. The normalized spacial score (nSPS) is 9.53. The Labute approximate surface area is 98.8 Å². The summed E-state index contributed by atoms with van der Waals surface area (Å²) < 4.78 is 5.02. The van der Waals surface area contributed by atoms with Crippen molar-refractivity contribution in [3.8, 4) is 11.8 Å². The Balaban J connectivity index is 3.11. The largest absolute Gasteiger partial charge is 0.495 e. The van der Waals surface area contributed by atoms with Crippen LogP contribution in [0.15, 0.2) is 12.1 Å². The van der Waals surface area contributed by atoms with Gasteiger partial charge in [0.1, 0.15) is 12.3 Å². The predicted molar refractivity (Wildman–Crippen MR) is 61.9 cm³/mol. The third kappa shape index (κ3) is 2.68. The Morgan fingerprint density at radius 1 is 1.40 bits per heavy atom. The van der Waals surface area contributed by atoms with Gasteiger partial charge in [-0.1, -0.05) is 23.2 Å². The molecule has 5 heteroatoms. The molecule has 0 fully saturated rings. The zero-order valence-electron chi connectivity index (χ0n) is 8.42. The van der Waals surface area contributed by atoms with E-state index in [1.54, 1.807) is 24.1 Å². The zero-order chi connectivity index (χ0) is 11.4. The van der Waals surface area contributed by atoms with Crippen LogP contribution in [0, 0.1) is 11.3 Å². The second-order valence-corrected chi connectivity index (χ2v) is 3.77. The van der Waals surface area contributed by atoms with Crippen molar-refractivity contribution in [2.24, 2.45) is 0 Å². The van der Waals surface area contributed by atoms with Crippen LogP contribution in [0.3, 0.4) is 0 Å². The van der Waals surface area contributed by atoms with Crippen molar-refractivity contribution in [1.82, 2.24) is 0 Å². The van der Waals surface area contributed by atoms with Gasteiger partial charge < -0.3 is 9.64 Å². The van der Waals surface area contributed by atoms with E-state index < -0.39 is 0 Å². The maximum absolute atomic E-state index is 8.57. The van der Waals surface area contributed by atoms with Crippen molar-refractivity contribution in [2.75, 3.05) is 25.6 Å². The van der Waals surface area contributed by atoms with Gasteiger partial charge >= 0.3 is 0 Å². The summed E-state index contributed by atoms with van der Waals surface area (Å²) in [6, 6.07) is 5.35. The molecular weight excluding hydrogens is 235 g/mol. The molecule has 1 aromatic rings. The van der Waals surface area contributed by atoms with Gasteiger partial charge in [-0.3, -0.25) is 0 Å². The highest BCUT2D eigenvalue weighted by Gasteiger charge is 2.10. The molecule has 15 heavy (non-hydrogen) atoms. The standard InChI is InChI=1S/C10H10Cl2N2O/c1-14(4-3-13)9-5-8(12)10(15-2)6-7(9)11/h5-6H,4H2,1-2H3. The molecule has 1 rings (SSSR count). The van der Waals surface area contributed by atoms with E-state index in [0.29, 0.717) is 21.5 Å².